The van der Waals surface area contributed by atoms with Crippen LogP contribution >= 0.6 is 0 Å². The molecule has 1 amide bonds. The van der Waals surface area contributed by atoms with Gasteiger partial charge in [0.25, 0.3) is 0 Å². The molecule has 1 atom stereocenters. The average Bonchev–Trinajstić information content (AvgIpc) is 3.15. The molecular weight excluding hydrogens is 362 g/mol. The Labute approximate surface area is 173 Å². The quantitative estimate of drug-likeness (QED) is 0.579. The summed E-state index contributed by atoms with van der Waals surface area (Å²) in [7, 11) is 5.67. The Balaban J connectivity index is 1.96. The van der Waals surface area contributed by atoms with Gasteiger partial charge in [-0.05, 0) is 49.3 Å². The highest BCUT2D eigenvalue weighted by atomic mass is 16.5. The van der Waals surface area contributed by atoms with Gasteiger partial charge < -0.3 is 19.9 Å². The number of likely N-dealkylation sites (N-methyl/N-ethyl adjacent to an activating group) is 1. The first-order chi connectivity index (χ1) is 14.0. The maximum absolute atomic E-state index is 12.7. The molecule has 0 saturated carbocycles. The van der Waals surface area contributed by atoms with Crippen molar-refractivity contribution >= 4 is 16.8 Å². The summed E-state index contributed by atoms with van der Waals surface area (Å²) >= 11 is 0. The first-order valence-electron chi connectivity index (χ1n) is 10.2. The largest absolute Gasteiger partial charge is 0.497 e. The Morgan fingerprint density at radius 2 is 2.00 bits per heavy atom. The Hall–Kier alpha value is -2.79. The summed E-state index contributed by atoms with van der Waals surface area (Å²) in [6.07, 6.45) is 3.41. The van der Waals surface area contributed by atoms with E-state index in [9.17, 15) is 4.79 Å². The lowest BCUT2D eigenvalue weighted by Gasteiger charge is -2.18. The summed E-state index contributed by atoms with van der Waals surface area (Å²) in [5.41, 5.74) is 4.67. The van der Waals surface area contributed by atoms with Gasteiger partial charge in [0.15, 0.2) is 0 Å². The molecule has 0 aliphatic rings. The number of carbonyl (C=O) groups excluding carboxylic acids is 1. The van der Waals surface area contributed by atoms with Crippen molar-refractivity contribution < 1.29 is 9.53 Å². The zero-order valence-corrected chi connectivity index (χ0v) is 17.8. The number of methoxy groups -OCH3 is 1. The lowest BCUT2D eigenvalue weighted by molar-refractivity contribution is -0.121. The van der Waals surface area contributed by atoms with Crippen molar-refractivity contribution in [2.45, 2.75) is 25.7 Å². The van der Waals surface area contributed by atoms with Crippen LogP contribution in [0.3, 0.4) is 0 Å². The van der Waals surface area contributed by atoms with Crippen molar-refractivity contribution in [1.29, 1.82) is 0 Å². The highest BCUT2D eigenvalue weighted by Crippen LogP contribution is 2.35. The van der Waals surface area contributed by atoms with E-state index >= 15 is 0 Å². The molecule has 2 N–H and O–H groups in total. The monoisotopic (exact) mass is 393 g/mol. The number of para-hydroxylation sites is 1. The van der Waals surface area contributed by atoms with E-state index in [1.54, 1.807) is 7.11 Å². The molecule has 0 radical (unpaired) electrons. The maximum atomic E-state index is 12.7. The van der Waals surface area contributed by atoms with Gasteiger partial charge >= 0.3 is 0 Å². The van der Waals surface area contributed by atoms with Crippen LogP contribution in [0.4, 0.5) is 0 Å². The van der Waals surface area contributed by atoms with Crippen molar-refractivity contribution in [3.63, 3.8) is 0 Å². The van der Waals surface area contributed by atoms with Gasteiger partial charge in [-0.1, -0.05) is 37.3 Å². The van der Waals surface area contributed by atoms with Crippen LogP contribution < -0.4 is 10.1 Å². The second-order valence-electron chi connectivity index (χ2n) is 7.62. The van der Waals surface area contributed by atoms with Crippen molar-refractivity contribution in [1.82, 2.24) is 15.2 Å². The second-order valence-corrected chi connectivity index (χ2v) is 7.62. The SMILES string of the molecule is CCc1cccc2c(C(CC(=O)NCCN(C)C)c3cccc(OC)c3)c[nH]c12. The molecule has 5 nitrogen and oxygen atoms in total. The molecule has 0 saturated heterocycles. The number of benzene rings is 2. The van der Waals surface area contributed by atoms with E-state index in [0.717, 1.165) is 35.4 Å². The third-order valence-electron chi connectivity index (χ3n) is 5.36. The highest BCUT2D eigenvalue weighted by Gasteiger charge is 2.22. The van der Waals surface area contributed by atoms with Gasteiger partial charge in [-0.2, -0.15) is 0 Å². The number of hydrogen-bond donors (Lipinski definition) is 2. The minimum atomic E-state index is -0.0506. The molecule has 1 heterocycles. The first-order valence-corrected chi connectivity index (χ1v) is 10.2. The number of aromatic amines is 1. The molecular formula is C24H31N3O2. The number of hydrogen-bond acceptors (Lipinski definition) is 3. The molecule has 0 aliphatic heterocycles. The Bertz CT molecular complexity index is 962. The van der Waals surface area contributed by atoms with Gasteiger partial charge in [0.1, 0.15) is 5.75 Å². The van der Waals surface area contributed by atoms with Gasteiger partial charge in [-0.25, -0.2) is 0 Å². The molecule has 5 heteroatoms. The molecule has 0 fully saturated rings. The van der Waals surface area contributed by atoms with Crippen molar-refractivity contribution in [3.05, 3.63) is 65.4 Å². The van der Waals surface area contributed by atoms with Crippen LogP contribution in [0, 0.1) is 0 Å². The lowest BCUT2D eigenvalue weighted by Crippen LogP contribution is -2.32. The predicted octanol–water partition coefficient (Wildman–Crippen LogP) is 3.94. The Morgan fingerprint density at radius 1 is 1.21 bits per heavy atom. The number of rotatable bonds is 9. The molecule has 1 unspecified atom stereocenters. The fourth-order valence-corrected chi connectivity index (χ4v) is 3.76. The summed E-state index contributed by atoms with van der Waals surface area (Å²) in [6.45, 7) is 3.63. The van der Waals surface area contributed by atoms with E-state index in [1.807, 2.05) is 32.3 Å². The van der Waals surface area contributed by atoms with Gasteiger partial charge in [0.2, 0.25) is 5.91 Å². The number of aryl methyl sites for hydroxylation is 1. The van der Waals surface area contributed by atoms with Crippen molar-refractivity contribution in [2.75, 3.05) is 34.3 Å². The number of fused-ring (bicyclic) bond motifs is 1. The van der Waals surface area contributed by atoms with E-state index in [1.165, 1.54) is 10.9 Å². The number of amides is 1. The van der Waals surface area contributed by atoms with Gasteiger partial charge in [-0.15, -0.1) is 0 Å². The Morgan fingerprint density at radius 3 is 2.72 bits per heavy atom. The molecule has 3 rings (SSSR count). The summed E-state index contributed by atoms with van der Waals surface area (Å²) < 4.78 is 5.43. The number of carbonyl (C=O) groups is 1. The molecule has 0 spiro atoms. The van der Waals surface area contributed by atoms with E-state index < -0.39 is 0 Å². The van der Waals surface area contributed by atoms with Gasteiger partial charge in [0.05, 0.1) is 7.11 Å². The van der Waals surface area contributed by atoms with Crippen LogP contribution in [0.1, 0.15) is 36.0 Å². The van der Waals surface area contributed by atoms with E-state index in [0.29, 0.717) is 13.0 Å². The topological polar surface area (TPSA) is 57.4 Å². The molecule has 0 aliphatic carbocycles. The van der Waals surface area contributed by atoms with Crippen LogP contribution in [0.5, 0.6) is 5.75 Å². The van der Waals surface area contributed by atoms with E-state index in [4.69, 9.17) is 4.74 Å². The summed E-state index contributed by atoms with van der Waals surface area (Å²) in [5, 5.41) is 4.23. The smallest absolute Gasteiger partial charge is 0.220 e. The van der Waals surface area contributed by atoms with Crippen LogP contribution in [0.25, 0.3) is 10.9 Å². The summed E-state index contributed by atoms with van der Waals surface area (Å²) in [4.78, 5) is 18.3. The van der Waals surface area contributed by atoms with Crippen molar-refractivity contribution in [2.24, 2.45) is 0 Å². The first kappa shape index (κ1) is 20.9. The fourth-order valence-electron chi connectivity index (χ4n) is 3.76. The fraction of sp³-hybridized carbons (Fsp3) is 0.375. The van der Waals surface area contributed by atoms with Crippen LogP contribution in [0.15, 0.2) is 48.7 Å². The summed E-state index contributed by atoms with van der Waals surface area (Å²) in [5.74, 6) is 0.806. The second kappa shape index (κ2) is 9.61. The lowest BCUT2D eigenvalue weighted by atomic mass is 9.87. The number of aromatic nitrogens is 1. The molecule has 3 aromatic rings. The standard InChI is InChI=1S/C24H31N3O2/c1-5-17-8-7-11-20-22(16-26-24(17)20)21(15-23(28)25-12-13-27(2)3)18-9-6-10-19(14-18)29-4/h6-11,14,16,21,26H,5,12-13,15H2,1-4H3,(H,25,28). The highest BCUT2D eigenvalue weighted by molar-refractivity contribution is 5.88. The number of nitrogens with one attached hydrogen (secondary N) is 2. The van der Waals surface area contributed by atoms with Crippen LogP contribution in [-0.4, -0.2) is 50.1 Å². The van der Waals surface area contributed by atoms with Crippen molar-refractivity contribution in [3.8, 4) is 5.75 Å². The maximum Gasteiger partial charge on any atom is 0.220 e. The molecule has 154 valence electrons. The average molecular weight is 394 g/mol. The molecule has 29 heavy (non-hydrogen) atoms. The third-order valence-corrected chi connectivity index (χ3v) is 5.36. The Kier molecular flexibility index (Phi) is 6.94. The summed E-state index contributed by atoms with van der Waals surface area (Å²) in [6, 6.07) is 14.4. The van der Waals surface area contributed by atoms with E-state index in [2.05, 4.69) is 52.6 Å². The van der Waals surface area contributed by atoms with Gasteiger partial charge in [0, 0.05) is 42.5 Å². The van der Waals surface area contributed by atoms with E-state index in [-0.39, 0.29) is 11.8 Å². The predicted molar refractivity (Wildman–Crippen MR) is 119 cm³/mol. The minimum Gasteiger partial charge on any atom is -0.497 e. The van der Waals surface area contributed by atoms with Crippen LogP contribution in [-0.2, 0) is 11.2 Å². The molecule has 1 aromatic heterocycles. The number of nitrogens with zero attached hydrogens (tertiary/aromatic N) is 1. The molecule has 2 aromatic carbocycles. The normalized spacial score (nSPS) is 12.3. The zero-order valence-electron chi connectivity index (χ0n) is 17.8. The zero-order chi connectivity index (χ0) is 20.8. The van der Waals surface area contributed by atoms with Gasteiger partial charge in [-0.3, -0.25) is 4.79 Å². The van der Waals surface area contributed by atoms with Crippen LogP contribution in [0.2, 0.25) is 0 Å². The number of ether oxygens (including phenoxy) is 1. The minimum absolute atomic E-state index is 0.0506. The molecule has 0 bridgehead atoms. The number of H-pyrrole nitrogens is 1. The third kappa shape index (κ3) is 4.98.